The van der Waals surface area contributed by atoms with Gasteiger partial charge in [-0.25, -0.2) is 8.42 Å². The Morgan fingerprint density at radius 1 is 1.03 bits per heavy atom. The van der Waals surface area contributed by atoms with Crippen LogP contribution in [0.2, 0.25) is 5.02 Å². The molecule has 1 amide bonds. The number of carbonyl (C=O) groups is 1. The second kappa shape index (κ2) is 10.6. The number of likely N-dealkylation sites (tertiary alicyclic amines) is 1. The Hall–Kier alpha value is -2.87. The lowest BCUT2D eigenvalue weighted by atomic mass is 9.99. The van der Waals surface area contributed by atoms with Crippen LogP contribution in [-0.4, -0.2) is 32.3 Å². The Labute approximate surface area is 206 Å². The fourth-order valence-corrected chi connectivity index (χ4v) is 5.38. The van der Waals surface area contributed by atoms with Gasteiger partial charge in [0.25, 0.3) is 15.9 Å². The van der Waals surface area contributed by atoms with Crippen LogP contribution in [-0.2, 0) is 16.6 Å². The zero-order valence-electron chi connectivity index (χ0n) is 19.0. The van der Waals surface area contributed by atoms with Crippen LogP contribution in [0.25, 0.3) is 0 Å². The van der Waals surface area contributed by atoms with Gasteiger partial charge in [0.2, 0.25) is 0 Å². The van der Waals surface area contributed by atoms with Gasteiger partial charge in [-0.3, -0.25) is 14.4 Å². The SMILES string of the molecule is C[C@@H]1CCCN(Cc2ccc(C(=O)Nc3ccc(S(=O)(=O)Nc4cccc(Cl)c4)cc3)cc2)C1. The molecule has 0 radical (unpaired) electrons. The maximum atomic E-state index is 12.6. The Kier molecular flexibility index (Phi) is 7.56. The smallest absolute Gasteiger partial charge is 0.261 e. The van der Waals surface area contributed by atoms with E-state index in [4.69, 9.17) is 11.6 Å². The van der Waals surface area contributed by atoms with Crippen LogP contribution in [0.5, 0.6) is 0 Å². The van der Waals surface area contributed by atoms with Gasteiger partial charge in [0.1, 0.15) is 0 Å². The van der Waals surface area contributed by atoms with Crippen molar-refractivity contribution in [2.45, 2.75) is 31.2 Å². The number of piperidine rings is 1. The van der Waals surface area contributed by atoms with Gasteiger partial charge in [-0.1, -0.05) is 36.7 Å². The summed E-state index contributed by atoms with van der Waals surface area (Å²) in [6.45, 7) is 5.41. The lowest BCUT2D eigenvalue weighted by molar-refractivity contribution is 0.102. The van der Waals surface area contributed by atoms with E-state index in [9.17, 15) is 13.2 Å². The molecule has 0 spiro atoms. The molecule has 1 atom stereocenters. The summed E-state index contributed by atoms with van der Waals surface area (Å²) >= 11 is 5.92. The zero-order chi connectivity index (χ0) is 24.1. The minimum atomic E-state index is -3.77. The summed E-state index contributed by atoms with van der Waals surface area (Å²) in [7, 11) is -3.77. The van der Waals surface area contributed by atoms with Crippen molar-refractivity contribution in [1.29, 1.82) is 0 Å². The van der Waals surface area contributed by atoms with Gasteiger partial charge in [-0.15, -0.1) is 0 Å². The molecule has 1 heterocycles. The second-order valence-electron chi connectivity index (χ2n) is 8.77. The Morgan fingerprint density at radius 2 is 1.76 bits per heavy atom. The van der Waals surface area contributed by atoms with E-state index in [-0.39, 0.29) is 10.8 Å². The lowest BCUT2D eigenvalue weighted by Gasteiger charge is -2.30. The third-order valence-corrected chi connectivity index (χ3v) is 7.50. The Balaban J connectivity index is 1.36. The number of sulfonamides is 1. The highest BCUT2D eigenvalue weighted by molar-refractivity contribution is 7.92. The summed E-state index contributed by atoms with van der Waals surface area (Å²) in [6.07, 6.45) is 2.53. The number of nitrogens with zero attached hydrogens (tertiary/aromatic N) is 1. The van der Waals surface area contributed by atoms with Gasteiger partial charge >= 0.3 is 0 Å². The Morgan fingerprint density at radius 3 is 2.44 bits per heavy atom. The highest BCUT2D eigenvalue weighted by Gasteiger charge is 2.17. The van der Waals surface area contributed by atoms with Crippen molar-refractivity contribution in [3.63, 3.8) is 0 Å². The van der Waals surface area contributed by atoms with E-state index in [1.54, 1.807) is 30.3 Å². The molecule has 3 aromatic carbocycles. The van der Waals surface area contributed by atoms with Gasteiger partial charge in [-0.2, -0.15) is 0 Å². The molecule has 34 heavy (non-hydrogen) atoms. The van der Waals surface area contributed by atoms with E-state index >= 15 is 0 Å². The maximum Gasteiger partial charge on any atom is 0.261 e. The van der Waals surface area contributed by atoms with Crippen LogP contribution in [0.4, 0.5) is 11.4 Å². The number of hydrogen-bond donors (Lipinski definition) is 2. The molecule has 0 bridgehead atoms. The third-order valence-electron chi connectivity index (χ3n) is 5.86. The maximum absolute atomic E-state index is 12.6. The fraction of sp³-hybridized carbons (Fsp3) is 0.269. The predicted octanol–water partition coefficient (Wildman–Crippen LogP) is 5.63. The van der Waals surface area contributed by atoms with Crippen LogP contribution < -0.4 is 10.0 Å². The summed E-state index contributed by atoms with van der Waals surface area (Å²) in [6, 6.07) is 20.2. The van der Waals surface area contributed by atoms with Gasteiger partial charge in [0.15, 0.2) is 0 Å². The summed E-state index contributed by atoms with van der Waals surface area (Å²) in [5, 5.41) is 3.26. The first kappa shape index (κ1) is 24.3. The fourth-order valence-electron chi connectivity index (χ4n) is 4.14. The summed E-state index contributed by atoms with van der Waals surface area (Å²) in [5.74, 6) is 0.485. The quantitative estimate of drug-likeness (QED) is 0.443. The number of amides is 1. The summed E-state index contributed by atoms with van der Waals surface area (Å²) < 4.78 is 27.7. The molecular formula is C26H28ClN3O3S. The molecule has 6 nitrogen and oxygen atoms in total. The molecule has 1 aliphatic heterocycles. The molecule has 4 rings (SSSR count). The van der Waals surface area contributed by atoms with Crippen LogP contribution in [0, 0.1) is 5.92 Å². The van der Waals surface area contributed by atoms with Crippen molar-refractivity contribution in [2.24, 2.45) is 5.92 Å². The first-order valence-electron chi connectivity index (χ1n) is 11.3. The van der Waals surface area contributed by atoms with Crippen LogP contribution in [0.1, 0.15) is 35.7 Å². The lowest BCUT2D eigenvalue weighted by Crippen LogP contribution is -2.33. The third kappa shape index (κ3) is 6.38. The average Bonchev–Trinajstić information content (AvgIpc) is 2.80. The van der Waals surface area contributed by atoms with Crippen LogP contribution >= 0.6 is 11.6 Å². The normalized spacial score (nSPS) is 16.7. The molecule has 8 heteroatoms. The van der Waals surface area contributed by atoms with Crippen molar-refractivity contribution in [3.8, 4) is 0 Å². The number of anilines is 2. The minimum Gasteiger partial charge on any atom is -0.322 e. The monoisotopic (exact) mass is 497 g/mol. The summed E-state index contributed by atoms with van der Waals surface area (Å²) in [5.41, 5.74) is 2.63. The predicted molar refractivity (Wildman–Crippen MR) is 137 cm³/mol. The van der Waals surface area contributed by atoms with E-state index in [1.807, 2.05) is 24.3 Å². The number of hydrogen-bond acceptors (Lipinski definition) is 4. The summed E-state index contributed by atoms with van der Waals surface area (Å²) in [4.78, 5) is 15.2. The van der Waals surface area contributed by atoms with Gasteiger partial charge in [0, 0.05) is 29.4 Å². The van der Waals surface area contributed by atoms with E-state index in [1.165, 1.54) is 36.6 Å². The van der Waals surface area contributed by atoms with E-state index < -0.39 is 10.0 Å². The number of rotatable bonds is 7. The molecule has 178 valence electrons. The first-order chi connectivity index (χ1) is 16.3. The van der Waals surface area contributed by atoms with Crippen molar-refractivity contribution >= 4 is 38.9 Å². The van der Waals surface area contributed by atoms with Gasteiger partial charge in [-0.05, 0) is 85.5 Å². The molecule has 0 aliphatic carbocycles. The molecule has 0 aromatic heterocycles. The molecule has 2 N–H and O–H groups in total. The molecule has 1 saturated heterocycles. The van der Waals surface area contributed by atoms with E-state index in [0.717, 1.165) is 25.6 Å². The first-order valence-corrected chi connectivity index (χ1v) is 13.2. The van der Waals surface area contributed by atoms with Crippen LogP contribution in [0.15, 0.2) is 77.7 Å². The number of halogens is 1. The Bertz CT molecular complexity index is 1250. The van der Waals surface area contributed by atoms with E-state index in [2.05, 4.69) is 21.9 Å². The second-order valence-corrected chi connectivity index (χ2v) is 10.9. The molecule has 1 aliphatic rings. The molecule has 0 unspecified atom stereocenters. The number of nitrogens with one attached hydrogen (secondary N) is 2. The minimum absolute atomic E-state index is 0.0851. The molecule has 0 saturated carbocycles. The van der Waals surface area contributed by atoms with Crippen molar-refractivity contribution in [1.82, 2.24) is 4.90 Å². The van der Waals surface area contributed by atoms with Crippen molar-refractivity contribution < 1.29 is 13.2 Å². The van der Waals surface area contributed by atoms with E-state index in [0.29, 0.717) is 22.0 Å². The van der Waals surface area contributed by atoms with Gasteiger partial charge in [0.05, 0.1) is 10.6 Å². The highest BCUT2D eigenvalue weighted by atomic mass is 35.5. The zero-order valence-corrected chi connectivity index (χ0v) is 20.6. The standard InChI is InChI=1S/C26H28ClN3O3S/c1-19-4-3-15-30(17-19)18-20-7-9-21(10-8-20)26(31)28-23-11-13-25(14-12-23)34(32,33)29-24-6-2-5-22(27)16-24/h2,5-14,16,19,29H,3-4,15,17-18H2,1H3,(H,28,31)/t19-/m1/s1. The number of carbonyl (C=O) groups excluding carboxylic acids is 1. The van der Waals surface area contributed by atoms with Crippen molar-refractivity contribution in [3.05, 3.63) is 88.9 Å². The topological polar surface area (TPSA) is 78.5 Å². The molecular weight excluding hydrogens is 470 g/mol. The molecule has 1 fully saturated rings. The largest absolute Gasteiger partial charge is 0.322 e. The number of benzene rings is 3. The molecule has 3 aromatic rings. The average molecular weight is 498 g/mol. The van der Waals surface area contributed by atoms with Gasteiger partial charge < -0.3 is 5.32 Å². The highest BCUT2D eigenvalue weighted by Crippen LogP contribution is 2.22. The van der Waals surface area contributed by atoms with Crippen LogP contribution in [0.3, 0.4) is 0 Å². The van der Waals surface area contributed by atoms with Crippen molar-refractivity contribution in [2.75, 3.05) is 23.1 Å².